The first-order valence-electron chi connectivity index (χ1n) is 5.08. The van der Waals surface area contributed by atoms with Crippen molar-refractivity contribution in [1.29, 1.82) is 0 Å². The Labute approximate surface area is 87.8 Å². The first-order valence-corrected chi connectivity index (χ1v) is 5.08. The Morgan fingerprint density at radius 3 is 2.73 bits per heavy atom. The molecule has 2 aliphatic rings. The van der Waals surface area contributed by atoms with Crippen molar-refractivity contribution >= 4 is 0 Å². The predicted molar refractivity (Wildman–Crippen MR) is 52.0 cm³/mol. The van der Waals surface area contributed by atoms with Crippen LogP contribution in [0.25, 0.3) is 10.4 Å². The largest absolute Gasteiger partial charge is 0.396 e. The fraction of sp³-hybridized carbons (Fsp3) is 1.00. The molecule has 6 nitrogen and oxygen atoms in total. The number of aliphatic hydroxyl groups excluding tert-OH is 1. The number of hydrogen-bond acceptors (Lipinski definition) is 4. The number of nitrogens with zero attached hydrogens (tertiary/aromatic N) is 3. The number of ether oxygens (including phenoxy) is 2. The number of hydrogen-bond donors (Lipinski definition) is 1. The van der Waals surface area contributed by atoms with Crippen molar-refractivity contribution in [2.45, 2.75) is 44.3 Å². The molecule has 1 heterocycles. The highest BCUT2D eigenvalue weighted by Crippen LogP contribution is 2.42. The SMILES string of the molecule is CC1(C)O[C@@H]2[C@@H](CO)C[C@@H](N=[N+]=[N-])[C@@H]2O1. The van der Waals surface area contributed by atoms with E-state index in [1.165, 1.54) is 0 Å². The number of azide groups is 1. The fourth-order valence-corrected chi connectivity index (χ4v) is 2.42. The Bertz CT molecular complexity index is 301. The summed E-state index contributed by atoms with van der Waals surface area (Å²) in [5.41, 5.74) is 8.44. The Hall–Kier alpha value is -0.810. The van der Waals surface area contributed by atoms with Crippen LogP contribution >= 0.6 is 0 Å². The van der Waals surface area contributed by atoms with Gasteiger partial charge in [0, 0.05) is 17.4 Å². The Morgan fingerprint density at radius 2 is 2.13 bits per heavy atom. The molecule has 1 N–H and O–H groups in total. The summed E-state index contributed by atoms with van der Waals surface area (Å²) in [6.45, 7) is 3.69. The minimum Gasteiger partial charge on any atom is -0.396 e. The van der Waals surface area contributed by atoms with Crippen LogP contribution < -0.4 is 0 Å². The molecule has 1 aliphatic heterocycles. The molecular weight excluding hydrogens is 198 g/mol. The van der Waals surface area contributed by atoms with E-state index in [0.717, 1.165) is 0 Å². The summed E-state index contributed by atoms with van der Waals surface area (Å²) in [6.07, 6.45) is 0.264. The second kappa shape index (κ2) is 3.64. The molecule has 0 unspecified atom stereocenters. The molecule has 2 rings (SSSR count). The van der Waals surface area contributed by atoms with Gasteiger partial charge in [0.1, 0.15) is 0 Å². The zero-order valence-corrected chi connectivity index (χ0v) is 8.83. The van der Waals surface area contributed by atoms with Gasteiger partial charge in [-0.1, -0.05) is 5.11 Å². The first kappa shape index (κ1) is 10.7. The van der Waals surface area contributed by atoms with E-state index in [0.29, 0.717) is 6.42 Å². The Morgan fingerprint density at radius 1 is 1.47 bits per heavy atom. The quantitative estimate of drug-likeness (QED) is 0.424. The maximum Gasteiger partial charge on any atom is 0.163 e. The predicted octanol–water partition coefficient (Wildman–Crippen LogP) is 1.20. The lowest BCUT2D eigenvalue weighted by Crippen LogP contribution is -2.27. The highest BCUT2D eigenvalue weighted by atomic mass is 16.8. The summed E-state index contributed by atoms with van der Waals surface area (Å²) < 4.78 is 11.4. The van der Waals surface area contributed by atoms with Gasteiger partial charge in [-0.05, 0) is 25.8 Å². The lowest BCUT2D eigenvalue weighted by molar-refractivity contribution is -0.159. The molecule has 1 saturated heterocycles. The average Bonchev–Trinajstić information content (AvgIpc) is 2.61. The first-order chi connectivity index (χ1) is 7.07. The third-order valence-electron chi connectivity index (χ3n) is 2.99. The zero-order valence-electron chi connectivity index (χ0n) is 8.83. The van der Waals surface area contributed by atoms with Crippen molar-refractivity contribution in [2.24, 2.45) is 11.0 Å². The van der Waals surface area contributed by atoms with Crippen molar-refractivity contribution in [1.82, 2.24) is 0 Å². The van der Waals surface area contributed by atoms with Crippen molar-refractivity contribution in [3.05, 3.63) is 10.4 Å². The molecule has 4 atom stereocenters. The maximum absolute atomic E-state index is 9.20. The van der Waals surface area contributed by atoms with Gasteiger partial charge in [0.15, 0.2) is 5.79 Å². The van der Waals surface area contributed by atoms with Gasteiger partial charge in [0.25, 0.3) is 0 Å². The Kier molecular flexibility index (Phi) is 2.60. The summed E-state index contributed by atoms with van der Waals surface area (Å²) in [7, 11) is 0. The van der Waals surface area contributed by atoms with Crippen LogP contribution in [0.5, 0.6) is 0 Å². The van der Waals surface area contributed by atoms with E-state index in [2.05, 4.69) is 10.0 Å². The van der Waals surface area contributed by atoms with Crippen LogP contribution in [0.2, 0.25) is 0 Å². The maximum atomic E-state index is 9.20. The highest BCUT2D eigenvalue weighted by Gasteiger charge is 2.53. The van der Waals surface area contributed by atoms with Gasteiger partial charge < -0.3 is 14.6 Å². The standard InChI is InChI=1S/C9H15N3O3/c1-9(2)14-7-5(4-13)3-6(11-12-10)8(7)15-9/h5-8,13H,3-4H2,1-2H3/t5-,6-,7-,8+/m1/s1. The van der Waals surface area contributed by atoms with E-state index in [1.807, 2.05) is 13.8 Å². The summed E-state index contributed by atoms with van der Waals surface area (Å²) in [5.74, 6) is -0.640. The van der Waals surface area contributed by atoms with Crippen LogP contribution in [-0.2, 0) is 9.47 Å². The normalized spacial score (nSPS) is 42.3. The molecule has 0 aromatic heterocycles. The van der Waals surface area contributed by atoms with Crippen LogP contribution in [0.4, 0.5) is 0 Å². The van der Waals surface area contributed by atoms with Crippen molar-refractivity contribution < 1.29 is 14.6 Å². The molecule has 84 valence electrons. The van der Waals surface area contributed by atoms with Gasteiger partial charge in [-0.3, -0.25) is 0 Å². The molecule has 1 aliphatic carbocycles. The summed E-state index contributed by atoms with van der Waals surface area (Å²) in [4.78, 5) is 2.80. The number of aliphatic hydroxyl groups is 1. The van der Waals surface area contributed by atoms with Crippen LogP contribution in [0.3, 0.4) is 0 Å². The molecule has 0 bridgehead atoms. The van der Waals surface area contributed by atoms with E-state index >= 15 is 0 Å². The third-order valence-corrected chi connectivity index (χ3v) is 2.99. The van der Waals surface area contributed by atoms with E-state index in [4.69, 9.17) is 15.0 Å². The lowest BCUT2D eigenvalue weighted by Gasteiger charge is -2.21. The van der Waals surface area contributed by atoms with E-state index in [1.54, 1.807) is 0 Å². The van der Waals surface area contributed by atoms with Crippen molar-refractivity contribution in [3.8, 4) is 0 Å². The van der Waals surface area contributed by atoms with E-state index in [9.17, 15) is 5.11 Å². The average molecular weight is 213 g/mol. The number of fused-ring (bicyclic) bond motifs is 1. The third kappa shape index (κ3) is 1.81. The van der Waals surface area contributed by atoms with Crippen LogP contribution in [0.15, 0.2) is 5.11 Å². The summed E-state index contributed by atoms with van der Waals surface area (Å²) in [5, 5.41) is 12.9. The zero-order chi connectivity index (χ0) is 11.1. The topological polar surface area (TPSA) is 87.5 Å². The molecule has 0 spiro atoms. The molecule has 6 heteroatoms. The molecule has 0 amide bonds. The molecule has 0 aromatic carbocycles. The minimum atomic E-state index is -0.646. The lowest BCUT2D eigenvalue weighted by atomic mass is 10.1. The van der Waals surface area contributed by atoms with Gasteiger partial charge in [-0.15, -0.1) is 0 Å². The molecule has 15 heavy (non-hydrogen) atoms. The van der Waals surface area contributed by atoms with E-state index < -0.39 is 5.79 Å². The molecule has 0 radical (unpaired) electrons. The Balaban J connectivity index is 2.18. The minimum absolute atomic E-state index is 0.00674. The summed E-state index contributed by atoms with van der Waals surface area (Å²) in [6, 6.07) is -0.223. The molecule has 2 fully saturated rings. The second-order valence-electron chi connectivity index (χ2n) is 4.52. The monoisotopic (exact) mass is 213 g/mol. The van der Waals surface area contributed by atoms with Gasteiger partial charge in [-0.25, -0.2) is 0 Å². The number of rotatable bonds is 2. The highest BCUT2D eigenvalue weighted by molar-refractivity contribution is 5.01. The fourth-order valence-electron chi connectivity index (χ4n) is 2.42. The van der Waals surface area contributed by atoms with Crippen molar-refractivity contribution in [2.75, 3.05) is 6.61 Å². The van der Waals surface area contributed by atoms with Gasteiger partial charge >= 0.3 is 0 Å². The smallest absolute Gasteiger partial charge is 0.163 e. The summed E-state index contributed by atoms with van der Waals surface area (Å²) >= 11 is 0. The van der Waals surface area contributed by atoms with Gasteiger partial charge in [0.05, 0.1) is 18.2 Å². The van der Waals surface area contributed by atoms with Gasteiger partial charge in [-0.2, -0.15) is 0 Å². The van der Waals surface area contributed by atoms with Gasteiger partial charge in [0.2, 0.25) is 0 Å². The second-order valence-corrected chi connectivity index (χ2v) is 4.52. The van der Waals surface area contributed by atoms with Crippen LogP contribution in [-0.4, -0.2) is 35.8 Å². The molecule has 1 saturated carbocycles. The van der Waals surface area contributed by atoms with Crippen LogP contribution in [0.1, 0.15) is 20.3 Å². The van der Waals surface area contributed by atoms with Crippen LogP contribution in [0, 0.1) is 5.92 Å². The molecule has 0 aromatic rings. The van der Waals surface area contributed by atoms with E-state index in [-0.39, 0.29) is 30.8 Å². The molecular formula is C9H15N3O3. The van der Waals surface area contributed by atoms with Crippen molar-refractivity contribution in [3.63, 3.8) is 0 Å².